The van der Waals surface area contributed by atoms with E-state index in [1.165, 1.54) is 24.8 Å². The molecule has 0 radical (unpaired) electrons. The van der Waals surface area contributed by atoms with Gasteiger partial charge in [-0.1, -0.05) is 69.2 Å². The maximum atomic E-state index is 11.1. The van der Waals surface area contributed by atoms with Crippen LogP contribution in [0.4, 0.5) is 0 Å². The summed E-state index contributed by atoms with van der Waals surface area (Å²) in [7, 11) is 0. The van der Waals surface area contributed by atoms with Gasteiger partial charge in [0.1, 0.15) is 0 Å². The number of benzene rings is 1. The van der Waals surface area contributed by atoms with Gasteiger partial charge in [-0.15, -0.1) is 0 Å². The molecule has 1 aliphatic carbocycles. The number of ether oxygens (including phenoxy) is 1. The van der Waals surface area contributed by atoms with E-state index in [9.17, 15) is 4.79 Å². The molecule has 0 unspecified atom stereocenters. The number of carboxylic acids is 1. The van der Waals surface area contributed by atoms with Crippen molar-refractivity contribution in [3.63, 3.8) is 0 Å². The number of aliphatic carboxylic acids is 1. The van der Waals surface area contributed by atoms with Crippen LogP contribution in [0.2, 0.25) is 0 Å². The summed E-state index contributed by atoms with van der Waals surface area (Å²) in [6, 6.07) is 10.3. The van der Waals surface area contributed by atoms with Crippen molar-refractivity contribution in [1.82, 2.24) is 0 Å². The smallest absolute Gasteiger partial charge is 0.306 e. The van der Waals surface area contributed by atoms with Crippen molar-refractivity contribution in [2.24, 2.45) is 23.7 Å². The molecule has 0 aromatic heterocycles. The molecule has 0 fully saturated rings. The molecule has 0 saturated carbocycles. The van der Waals surface area contributed by atoms with Gasteiger partial charge in [-0.05, 0) is 42.6 Å². The largest absolute Gasteiger partial charge is 0.481 e. The average molecular weight is 344 g/mol. The highest BCUT2D eigenvalue weighted by Gasteiger charge is 2.27. The first-order valence-corrected chi connectivity index (χ1v) is 9.59. The van der Waals surface area contributed by atoms with Crippen molar-refractivity contribution in [2.45, 2.75) is 52.6 Å². The van der Waals surface area contributed by atoms with Crippen LogP contribution in [0.15, 0.2) is 42.5 Å². The number of carbonyl (C=O) groups is 1. The molecule has 0 saturated heterocycles. The Kier molecular flexibility index (Phi) is 8.20. The van der Waals surface area contributed by atoms with Gasteiger partial charge in [-0.2, -0.15) is 0 Å². The topological polar surface area (TPSA) is 46.5 Å². The van der Waals surface area contributed by atoms with Crippen LogP contribution >= 0.6 is 0 Å². The molecule has 0 spiro atoms. The predicted molar refractivity (Wildman–Crippen MR) is 101 cm³/mol. The minimum atomic E-state index is -0.681. The average Bonchev–Trinajstić information content (AvgIpc) is 3.07. The van der Waals surface area contributed by atoms with Crippen LogP contribution in [0.5, 0.6) is 0 Å². The zero-order valence-corrected chi connectivity index (χ0v) is 15.6. The molecule has 0 amide bonds. The van der Waals surface area contributed by atoms with Gasteiger partial charge in [0.25, 0.3) is 0 Å². The van der Waals surface area contributed by atoms with Gasteiger partial charge in [0.15, 0.2) is 0 Å². The summed E-state index contributed by atoms with van der Waals surface area (Å²) in [6.45, 7) is 5.63. The summed E-state index contributed by atoms with van der Waals surface area (Å²) in [6.07, 6.45) is 10.1. The molecule has 25 heavy (non-hydrogen) atoms. The third kappa shape index (κ3) is 7.03. The first-order chi connectivity index (χ1) is 12.1. The molecular weight excluding hydrogens is 312 g/mol. The van der Waals surface area contributed by atoms with E-state index < -0.39 is 5.97 Å². The second-order valence-electron chi connectivity index (χ2n) is 7.53. The van der Waals surface area contributed by atoms with Crippen molar-refractivity contribution < 1.29 is 14.6 Å². The van der Waals surface area contributed by atoms with Gasteiger partial charge in [0.05, 0.1) is 12.5 Å². The monoisotopic (exact) mass is 344 g/mol. The zero-order valence-electron chi connectivity index (χ0n) is 15.6. The normalized spacial score (nSPS) is 22.0. The van der Waals surface area contributed by atoms with Gasteiger partial charge < -0.3 is 9.84 Å². The lowest BCUT2D eigenvalue weighted by molar-refractivity contribution is -0.142. The predicted octanol–water partition coefficient (Wildman–Crippen LogP) is 5.31. The molecule has 1 N–H and O–H groups in total. The van der Waals surface area contributed by atoms with Crippen LogP contribution < -0.4 is 0 Å². The molecule has 1 aromatic rings. The molecule has 138 valence electrons. The fourth-order valence-corrected chi connectivity index (χ4v) is 3.50. The van der Waals surface area contributed by atoms with Crippen LogP contribution in [-0.2, 0) is 16.1 Å². The van der Waals surface area contributed by atoms with E-state index in [-0.39, 0.29) is 11.8 Å². The number of hydrogen-bond donors (Lipinski definition) is 1. The van der Waals surface area contributed by atoms with E-state index >= 15 is 0 Å². The highest BCUT2D eigenvalue weighted by molar-refractivity contribution is 5.70. The van der Waals surface area contributed by atoms with Crippen molar-refractivity contribution in [1.29, 1.82) is 0 Å². The molecular formula is C22H32O3. The minimum absolute atomic E-state index is 0.214. The van der Waals surface area contributed by atoms with E-state index in [0.29, 0.717) is 18.4 Å². The van der Waals surface area contributed by atoms with Gasteiger partial charge in [0, 0.05) is 6.61 Å². The zero-order chi connectivity index (χ0) is 18.1. The summed E-state index contributed by atoms with van der Waals surface area (Å²) in [5.41, 5.74) is 1.23. The van der Waals surface area contributed by atoms with Crippen LogP contribution in [0.1, 0.15) is 51.5 Å². The SMILES string of the molecule is C[C@H](CCC[C@H]1C=C[C@H]([C@H](C)C(=O)O)C1)CCOCc1ccccc1. The maximum Gasteiger partial charge on any atom is 0.306 e. The van der Waals surface area contributed by atoms with Gasteiger partial charge in [-0.25, -0.2) is 0 Å². The third-order valence-corrected chi connectivity index (χ3v) is 5.38. The van der Waals surface area contributed by atoms with Crippen LogP contribution in [0, 0.1) is 23.7 Å². The maximum absolute atomic E-state index is 11.1. The lowest BCUT2D eigenvalue weighted by atomic mass is 9.89. The Labute approximate surface area is 152 Å². The quantitative estimate of drug-likeness (QED) is 0.437. The van der Waals surface area contributed by atoms with E-state index in [4.69, 9.17) is 9.84 Å². The second kappa shape index (κ2) is 10.4. The Morgan fingerprint density at radius 3 is 2.68 bits per heavy atom. The fourth-order valence-electron chi connectivity index (χ4n) is 3.50. The highest BCUT2D eigenvalue weighted by atomic mass is 16.5. The van der Waals surface area contributed by atoms with E-state index in [2.05, 4.69) is 31.2 Å². The molecule has 3 nitrogen and oxygen atoms in total. The van der Waals surface area contributed by atoms with Gasteiger partial charge in [-0.3, -0.25) is 4.79 Å². The molecule has 1 aromatic carbocycles. The lowest BCUT2D eigenvalue weighted by Gasteiger charge is -2.16. The highest BCUT2D eigenvalue weighted by Crippen LogP contribution is 2.33. The van der Waals surface area contributed by atoms with Crippen LogP contribution in [0.3, 0.4) is 0 Å². The molecule has 2 rings (SSSR count). The summed E-state index contributed by atoms with van der Waals surface area (Å²) < 4.78 is 5.77. The summed E-state index contributed by atoms with van der Waals surface area (Å²) in [5, 5.41) is 9.11. The van der Waals surface area contributed by atoms with E-state index in [0.717, 1.165) is 19.4 Å². The summed E-state index contributed by atoms with van der Waals surface area (Å²) in [5.74, 6) is 0.510. The Morgan fingerprint density at radius 2 is 1.96 bits per heavy atom. The van der Waals surface area contributed by atoms with Crippen LogP contribution in [0.25, 0.3) is 0 Å². The standard InChI is InChI=1S/C22H32O3/c1-17(13-14-25-16-20-8-4-3-5-9-20)7-6-10-19-11-12-21(15-19)18(2)22(23)24/h3-5,8-9,11-12,17-19,21H,6-7,10,13-16H2,1-2H3,(H,23,24)/t17-,18+,19+,21+/m1/s1. The lowest BCUT2D eigenvalue weighted by Crippen LogP contribution is -2.18. The molecule has 1 aliphatic rings. The van der Waals surface area contributed by atoms with Crippen LogP contribution in [-0.4, -0.2) is 17.7 Å². The van der Waals surface area contributed by atoms with E-state index in [1.54, 1.807) is 0 Å². The Hall–Kier alpha value is -1.61. The van der Waals surface area contributed by atoms with Gasteiger partial charge >= 0.3 is 5.97 Å². The third-order valence-electron chi connectivity index (χ3n) is 5.38. The molecule has 0 heterocycles. The molecule has 3 heteroatoms. The van der Waals surface area contributed by atoms with E-state index in [1.807, 2.05) is 25.1 Å². The van der Waals surface area contributed by atoms with Crippen molar-refractivity contribution in [2.75, 3.05) is 6.61 Å². The first kappa shape index (κ1) is 19.7. The van der Waals surface area contributed by atoms with Crippen molar-refractivity contribution in [3.8, 4) is 0 Å². The Morgan fingerprint density at radius 1 is 1.20 bits per heavy atom. The molecule has 0 aliphatic heterocycles. The van der Waals surface area contributed by atoms with Crippen molar-refractivity contribution >= 4 is 5.97 Å². The number of rotatable bonds is 11. The number of carboxylic acid groups (broad SMARTS) is 1. The summed E-state index contributed by atoms with van der Waals surface area (Å²) >= 11 is 0. The number of allylic oxidation sites excluding steroid dienone is 2. The first-order valence-electron chi connectivity index (χ1n) is 9.59. The Balaban J connectivity index is 1.52. The Bertz CT molecular complexity index is 537. The van der Waals surface area contributed by atoms with Gasteiger partial charge in [0.2, 0.25) is 0 Å². The van der Waals surface area contributed by atoms with Crippen molar-refractivity contribution in [3.05, 3.63) is 48.0 Å². The number of hydrogen-bond acceptors (Lipinski definition) is 2. The minimum Gasteiger partial charge on any atom is -0.481 e. The molecule has 0 bridgehead atoms. The fraction of sp³-hybridized carbons (Fsp3) is 0.591. The summed E-state index contributed by atoms with van der Waals surface area (Å²) in [4.78, 5) is 11.1. The second-order valence-corrected chi connectivity index (χ2v) is 7.53. The molecule has 4 atom stereocenters.